The fraction of sp³-hybridized carbons (Fsp3) is 0.0833. The average Bonchev–Trinajstić information content (AvgIpc) is 3.01. The van der Waals surface area contributed by atoms with Gasteiger partial charge >= 0.3 is 0 Å². The van der Waals surface area contributed by atoms with Crippen LogP contribution in [-0.4, -0.2) is 27.3 Å². The van der Waals surface area contributed by atoms with Crippen molar-refractivity contribution in [3.8, 4) is 0 Å². The zero-order valence-corrected chi connectivity index (χ0v) is 9.95. The number of benzene rings is 1. The molecule has 0 radical (unpaired) electrons. The van der Waals surface area contributed by atoms with Gasteiger partial charge in [0.2, 0.25) is 11.3 Å². The Labute approximate surface area is 106 Å². The van der Waals surface area contributed by atoms with Crippen LogP contribution in [0.4, 0.5) is 5.69 Å². The van der Waals surface area contributed by atoms with Crippen molar-refractivity contribution in [1.82, 2.24) is 20.3 Å². The molecule has 4 rings (SSSR count). The molecule has 1 N–H and O–H groups in total. The molecule has 2 heterocycles. The number of nitrogens with zero attached hydrogens (tertiary/aromatic N) is 5. The van der Waals surface area contributed by atoms with Gasteiger partial charge in [0.05, 0.1) is 0 Å². The number of nitrogens with one attached hydrogen (secondary N) is 1. The molecule has 0 saturated carbocycles. The molecule has 4 aromatic rings. The maximum atomic E-state index is 4.76. The normalized spacial score (nSPS) is 12.3. The molecule has 0 aliphatic heterocycles. The van der Waals surface area contributed by atoms with E-state index in [4.69, 9.17) is 4.63 Å². The van der Waals surface area contributed by atoms with Crippen molar-refractivity contribution >= 4 is 38.8 Å². The van der Waals surface area contributed by atoms with Gasteiger partial charge < -0.3 is 0 Å². The number of hydrogen-bond acceptors (Lipinski definition) is 6. The summed E-state index contributed by atoms with van der Waals surface area (Å²) in [7, 11) is 1.63. The van der Waals surface area contributed by atoms with Crippen LogP contribution in [0.5, 0.6) is 0 Å². The number of azo groups is 1. The Balaban J connectivity index is 2.30. The lowest BCUT2D eigenvalue weighted by atomic mass is 10.2. The van der Waals surface area contributed by atoms with Crippen LogP contribution in [-0.2, 0) is 0 Å². The largest absolute Gasteiger partial charge is 0.267 e. The Bertz CT molecular complexity index is 935. The summed E-state index contributed by atoms with van der Waals surface area (Å²) < 4.78 is 4.76. The van der Waals surface area contributed by atoms with Crippen LogP contribution in [0.1, 0.15) is 0 Å². The summed E-state index contributed by atoms with van der Waals surface area (Å²) in [5.74, 6) is 0. The first-order chi connectivity index (χ1) is 9.38. The average molecular weight is 252 g/mol. The topological polar surface area (TPSA) is 92.3 Å². The van der Waals surface area contributed by atoms with Crippen LogP contribution in [0.3, 0.4) is 0 Å². The van der Waals surface area contributed by atoms with Crippen LogP contribution in [0.25, 0.3) is 33.1 Å². The van der Waals surface area contributed by atoms with E-state index in [2.05, 4.69) is 30.5 Å². The maximum Gasteiger partial charge on any atom is 0.241 e. The van der Waals surface area contributed by atoms with E-state index in [-0.39, 0.29) is 0 Å². The monoisotopic (exact) mass is 252 g/mol. The molecule has 0 spiro atoms. The standard InChI is InChI=1S/C12H8N6O/c1-13-16-9-7-5-3-2-4-6(7)8-10(9)15-12-11(14-8)17-19-18-12/h2-5H,1H3,(H,15,18). The molecule has 0 bridgehead atoms. The summed E-state index contributed by atoms with van der Waals surface area (Å²) in [4.78, 5) is 8.93. The molecule has 2 aromatic heterocycles. The molecule has 0 aliphatic rings. The van der Waals surface area contributed by atoms with E-state index in [9.17, 15) is 0 Å². The number of fused-ring (bicyclic) bond motifs is 4. The Morgan fingerprint density at radius 2 is 1.95 bits per heavy atom. The SMILES string of the molecule is CN=Nc1c2ccccc2c2nc3no[nH]c3nc12. The number of aromatic nitrogens is 4. The highest BCUT2D eigenvalue weighted by atomic mass is 16.6. The van der Waals surface area contributed by atoms with Gasteiger partial charge in [0, 0.05) is 17.8 Å². The summed E-state index contributed by atoms with van der Waals surface area (Å²) in [6.45, 7) is 0. The molecule has 0 atom stereocenters. The van der Waals surface area contributed by atoms with E-state index in [0.29, 0.717) is 16.8 Å². The van der Waals surface area contributed by atoms with E-state index >= 15 is 0 Å². The predicted octanol–water partition coefficient (Wildman–Crippen LogP) is 2.97. The lowest BCUT2D eigenvalue weighted by Crippen LogP contribution is -1.83. The Kier molecular flexibility index (Phi) is 1.91. The van der Waals surface area contributed by atoms with E-state index < -0.39 is 0 Å². The van der Waals surface area contributed by atoms with Crippen molar-refractivity contribution in [2.45, 2.75) is 0 Å². The lowest BCUT2D eigenvalue weighted by molar-refractivity contribution is 0.314. The Morgan fingerprint density at radius 3 is 2.79 bits per heavy atom. The molecule has 0 fully saturated rings. The van der Waals surface area contributed by atoms with E-state index in [1.807, 2.05) is 24.3 Å². The van der Waals surface area contributed by atoms with Gasteiger partial charge in [-0.15, -0.1) is 0 Å². The summed E-state index contributed by atoms with van der Waals surface area (Å²) in [6.07, 6.45) is 0. The molecule has 7 nitrogen and oxygen atoms in total. The molecular formula is C12H8N6O. The summed E-state index contributed by atoms with van der Waals surface area (Å²) in [6, 6.07) is 7.87. The second kappa shape index (κ2) is 3.58. The third-order valence-electron chi connectivity index (χ3n) is 3.01. The number of rotatable bonds is 1. The summed E-state index contributed by atoms with van der Waals surface area (Å²) >= 11 is 0. The van der Waals surface area contributed by atoms with Crippen molar-refractivity contribution in [3.63, 3.8) is 0 Å². The van der Waals surface area contributed by atoms with Gasteiger partial charge in [0.25, 0.3) is 0 Å². The van der Waals surface area contributed by atoms with Crippen LogP contribution < -0.4 is 0 Å². The molecule has 0 saturated heterocycles. The van der Waals surface area contributed by atoms with Crippen molar-refractivity contribution in [2.75, 3.05) is 7.05 Å². The van der Waals surface area contributed by atoms with Crippen LogP contribution in [0.2, 0.25) is 0 Å². The summed E-state index contributed by atoms with van der Waals surface area (Å²) in [5.41, 5.74) is 3.11. The number of H-pyrrole nitrogens is 1. The molecule has 19 heavy (non-hydrogen) atoms. The number of hydrogen-bond donors (Lipinski definition) is 1. The van der Waals surface area contributed by atoms with Crippen molar-refractivity contribution in [1.29, 1.82) is 0 Å². The van der Waals surface area contributed by atoms with Gasteiger partial charge in [-0.05, 0) is 5.16 Å². The van der Waals surface area contributed by atoms with Gasteiger partial charge in [-0.3, -0.25) is 4.63 Å². The Hall–Kier alpha value is -2.83. The maximum absolute atomic E-state index is 4.76. The third-order valence-corrected chi connectivity index (χ3v) is 3.01. The minimum Gasteiger partial charge on any atom is -0.267 e. The highest BCUT2D eigenvalue weighted by Gasteiger charge is 2.16. The molecule has 0 amide bonds. The van der Waals surface area contributed by atoms with E-state index in [1.165, 1.54) is 0 Å². The third kappa shape index (κ3) is 1.29. The second-order valence-corrected chi connectivity index (χ2v) is 4.07. The summed E-state index contributed by atoms with van der Waals surface area (Å²) in [5, 5.41) is 16.4. The fourth-order valence-corrected chi connectivity index (χ4v) is 2.25. The van der Waals surface area contributed by atoms with E-state index in [1.54, 1.807) is 7.05 Å². The van der Waals surface area contributed by atoms with Crippen molar-refractivity contribution < 1.29 is 4.63 Å². The second-order valence-electron chi connectivity index (χ2n) is 4.07. The first kappa shape index (κ1) is 10.1. The molecule has 0 aliphatic carbocycles. The zero-order chi connectivity index (χ0) is 12.8. The van der Waals surface area contributed by atoms with Gasteiger partial charge in [-0.2, -0.15) is 15.4 Å². The van der Waals surface area contributed by atoms with Gasteiger partial charge in [0.1, 0.15) is 16.7 Å². The minimum atomic E-state index is 0.447. The van der Waals surface area contributed by atoms with Crippen molar-refractivity contribution in [2.24, 2.45) is 10.2 Å². The van der Waals surface area contributed by atoms with Crippen LogP contribution in [0.15, 0.2) is 39.1 Å². The van der Waals surface area contributed by atoms with E-state index in [0.717, 1.165) is 22.0 Å². The quantitative estimate of drug-likeness (QED) is 0.527. The van der Waals surface area contributed by atoms with Gasteiger partial charge in [0.15, 0.2) is 0 Å². The van der Waals surface area contributed by atoms with Gasteiger partial charge in [-0.1, -0.05) is 24.3 Å². The zero-order valence-electron chi connectivity index (χ0n) is 9.95. The molecule has 0 unspecified atom stereocenters. The highest BCUT2D eigenvalue weighted by molar-refractivity contribution is 6.18. The Morgan fingerprint density at radius 1 is 1.11 bits per heavy atom. The van der Waals surface area contributed by atoms with Crippen molar-refractivity contribution in [3.05, 3.63) is 24.3 Å². The first-order valence-corrected chi connectivity index (χ1v) is 5.70. The highest BCUT2D eigenvalue weighted by Crippen LogP contribution is 2.38. The van der Waals surface area contributed by atoms with Crippen LogP contribution in [0, 0.1) is 0 Å². The minimum absolute atomic E-state index is 0.447. The lowest BCUT2D eigenvalue weighted by Gasteiger charge is -1.90. The predicted molar refractivity (Wildman–Crippen MR) is 69.4 cm³/mol. The first-order valence-electron chi connectivity index (χ1n) is 5.70. The molecule has 92 valence electrons. The van der Waals surface area contributed by atoms with Crippen LogP contribution >= 0.6 is 0 Å². The smallest absolute Gasteiger partial charge is 0.241 e. The molecular weight excluding hydrogens is 244 g/mol. The number of aromatic amines is 1. The molecule has 7 heteroatoms. The fourth-order valence-electron chi connectivity index (χ4n) is 2.25. The van der Waals surface area contributed by atoms with Gasteiger partial charge in [-0.25, -0.2) is 9.97 Å². The molecule has 2 aromatic carbocycles.